The van der Waals surface area contributed by atoms with Crippen LogP contribution in [0.25, 0.3) is 0 Å². The highest BCUT2D eigenvalue weighted by molar-refractivity contribution is 9.10. The summed E-state index contributed by atoms with van der Waals surface area (Å²) in [4.78, 5) is 13.8. The summed E-state index contributed by atoms with van der Waals surface area (Å²) >= 11 is 3.42. The molecule has 1 atom stereocenters. The van der Waals surface area contributed by atoms with E-state index in [-0.39, 0.29) is 18.6 Å². The van der Waals surface area contributed by atoms with E-state index in [1.54, 1.807) is 4.90 Å². The smallest absolute Gasteiger partial charge is 0.241 e. The number of amides is 1. The summed E-state index contributed by atoms with van der Waals surface area (Å²) in [5.74, 6) is -0.0762. The lowest BCUT2D eigenvalue weighted by atomic mass is 10.2. The number of nitrogens with zero attached hydrogens (tertiary/aromatic N) is 1. The maximum atomic E-state index is 12.0. The highest BCUT2D eigenvalue weighted by Gasteiger charge is 2.17. The summed E-state index contributed by atoms with van der Waals surface area (Å²) in [5.41, 5.74) is 1.86. The monoisotopic (exact) mass is 314 g/mol. The maximum absolute atomic E-state index is 12.0. The first-order chi connectivity index (χ1) is 8.45. The Morgan fingerprint density at radius 1 is 1.56 bits per heavy atom. The molecule has 100 valence electrons. The molecule has 0 aromatic heterocycles. The van der Waals surface area contributed by atoms with Crippen LogP contribution in [0.5, 0.6) is 0 Å². The number of carbonyl (C=O) groups excluding carboxylic acids is 1. The lowest BCUT2D eigenvalue weighted by Crippen LogP contribution is -2.40. The zero-order valence-electron chi connectivity index (χ0n) is 10.9. The molecule has 1 rings (SSSR count). The molecule has 0 heterocycles. The number of nitrogens with one attached hydrogen (secondary N) is 1. The summed E-state index contributed by atoms with van der Waals surface area (Å²) in [6.07, 6.45) is 0. The summed E-state index contributed by atoms with van der Waals surface area (Å²) in [7, 11) is 1.81. The molecule has 0 radical (unpaired) electrons. The average Bonchev–Trinajstić information content (AvgIpc) is 2.33. The molecular formula is C13H19BrN2O2. The predicted octanol–water partition coefficient (Wildman–Crippen LogP) is 2.01. The summed E-state index contributed by atoms with van der Waals surface area (Å²) in [5, 5.41) is 11.7. The Morgan fingerprint density at radius 2 is 2.22 bits per heavy atom. The van der Waals surface area contributed by atoms with Gasteiger partial charge in [-0.05, 0) is 44.7 Å². The van der Waals surface area contributed by atoms with Crippen LogP contribution in [0, 0.1) is 6.92 Å². The minimum Gasteiger partial charge on any atom is -0.395 e. The number of aryl methyl sites for hydroxylation is 1. The fourth-order valence-corrected chi connectivity index (χ4v) is 1.77. The van der Waals surface area contributed by atoms with Crippen molar-refractivity contribution >= 4 is 27.5 Å². The topological polar surface area (TPSA) is 52.6 Å². The highest BCUT2D eigenvalue weighted by Crippen LogP contribution is 2.20. The second-order valence-corrected chi connectivity index (χ2v) is 5.19. The highest BCUT2D eigenvalue weighted by atomic mass is 79.9. The lowest BCUT2D eigenvalue weighted by molar-refractivity contribution is -0.120. The molecular weight excluding hydrogens is 296 g/mol. The molecule has 0 aliphatic rings. The van der Waals surface area contributed by atoms with Crippen molar-refractivity contribution in [3.05, 3.63) is 28.2 Å². The molecule has 1 unspecified atom stereocenters. The fourth-order valence-electron chi connectivity index (χ4n) is 1.52. The van der Waals surface area contributed by atoms with E-state index in [0.717, 1.165) is 15.7 Å². The largest absolute Gasteiger partial charge is 0.395 e. The summed E-state index contributed by atoms with van der Waals surface area (Å²) < 4.78 is 1.02. The number of rotatable bonds is 5. The van der Waals surface area contributed by atoms with Crippen LogP contribution in [-0.4, -0.2) is 42.2 Å². The standard InChI is InChI=1S/C13H19BrN2O2/c1-9-8-11(4-5-12(9)14)15-13(18)10(2)16(3)6-7-17/h4-5,8,10,17H,6-7H2,1-3H3,(H,15,18). The van der Waals surface area contributed by atoms with Crippen LogP contribution < -0.4 is 5.32 Å². The van der Waals surface area contributed by atoms with Crippen LogP contribution >= 0.6 is 15.9 Å². The van der Waals surface area contributed by atoms with Crippen LogP contribution in [0.4, 0.5) is 5.69 Å². The van der Waals surface area contributed by atoms with E-state index >= 15 is 0 Å². The Bertz CT molecular complexity index is 423. The third-order valence-corrected chi connectivity index (χ3v) is 3.81. The van der Waals surface area contributed by atoms with Crippen molar-refractivity contribution in [3.8, 4) is 0 Å². The van der Waals surface area contributed by atoms with Crippen molar-refractivity contribution in [3.63, 3.8) is 0 Å². The lowest BCUT2D eigenvalue weighted by Gasteiger charge is -2.22. The first-order valence-corrected chi connectivity index (χ1v) is 6.63. The zero-order chi connectivity index (χ0) is 13.7. The summed E-state index contributed by atoms with van der Waals surface area (Å²) in [6, 6.07) is 5.41. The van der Waals surface area contributed by atoms with E-state index in [1.165, 1.54) is 0 Å². The van der Waals surface area contributed by atoms with Gasteiger partial charge in [0, 0.05) is 16.7 Å². The van der Waals surface area contributed by atoms with Gasteiger partial charge >= 0.3 is 0 Å². The van der Waals surface area contributed by atoms with Gasteiger partial charge in [0.1, 0.15) is 0 Å². The zero-order valence-corrected chi connectivity index (χ0v) is 12.5. The van der Waals surface area contributed by atoms with Crippen molar-refractivity contribution in [2.75, 3.05) is 25.5 Å². The van der Waals surface area contributed by atoms with Gasteiger partial charge in [-0.3, -0.25) is 9.69 Å². The van der Waals surface area contributed by atoms with Crippen LogP contribution in [0.3, 0.4) is 0 Å². The van der Waals surface area contributed by atoms with Gasteiger partial charge in [0.05, 0.1) is 12.6 Å². The molecule has 4 nitrogen and oxygen atoms in total. The van der Waals surface area contributed by atoms with Gasteiger partial charge in [-0.1, -0.05) is 15.9 Å². The Hall–Kier alpha value is -0.910. The van der Waals surface area contributed by atoms with E-state index in [1.807, 2.05) is 39.1 Å². The van der Waals surface area contributed by atoms with Gasteiger partial charge in [-0.15, -0.1) is 0 Å². The third-order valence-electron chi connectivity index (χ3n) is 2.92. The quantitative estimate of drug-likeness (QED) is 0.874. The van der Waals surface area contributed by atoms with Crippen LogP contribution in [0.2, 0.25) is 0 Å². The average molecular weight is 315 g/mol. The number of anilines is 1. The molecule has 1 aromatic rings. The SMILES string of the molecule is Cc1cc(NC(=O)C(C)N(C)CCO)ccc1Br. The van der Waals surface area contributed by atoms with E-state index in [9.17, 15) is 4.79 Å². The van der Waals surface area contributed by atoms with Crippen LogP contribution in [0.1, 0.15) is 12.5 Å². The maximum Gasteiger partial charge on any atom is 0.241 e. The molecule has 0 aliphatic heterocycles. The van der Waals surface area contributed by atoms with E-state index in [2.05, 4.69) is 21.2 Å². The van der Waals surface area contributed by atoms with Crippen LogP contribution in [-0.2, 0) is 4.79 Å². The molecule has 1 amide bonds. The molecule has 0 saturated heterocycles. The van der Waals surface area contributed by atoms with E-state index in [4.69, 9.17) is 5.11 Å². The van der Waals surface area contributed by atoms with Crippen molar-refractivity contribution in [1.29, 1.82) is 0 Å². The first-order valence-electron chi connectivity index (χ1n) is 5.84. The molecule has 2 N–H and O–H groups in total. The molecule has 1 aromatic carbocycles. The van der Waals surface area contributed by atoms with Crippen molar-refractivity contribution in [2.24, 2.45) is 0 Å². The first kappa shape index (κ1) is 15.1. The molecule has 0 saturated carbocycles. The normalized spacial score (nSPS) is 12.6. The van der Waals surface area contributed by atoms with Crippen molar-refractivity contribution in [1.82, 2.24) is 4.90 Å². The second kappa shape index (κ2) is 6.87. The molecule has 5 heteroatoms. The number of benzene rings is 1. The molecule has 18 heavy (non-hydrogen) atoms. The number of halogens is 1. The Kier molecular flexibility index (Phi) is 5.78. The summed E-state index contributed by atoms with van der Waals surface area (Å²) in [6.45, 7) is 4.32. The Labute approximate surface area is 116 Å². The molecule has 0 spiro atoms. The number of aliphatic hydroxyl groups is 1. The van der Waals surface area contributed by atoms with Crippen molar-refractivity contribution < 1.29 is 9.90 Å². The van der Waals surface area contributed by atoms with E-state index < -0.39 is 0 Å². The molecule has 0 bridgehead atoms. The number of carbonyl (C=O) groups is 1. The van der Waals surface area contributed by atoms with Crippen LogP contribution in [0.15, 0.2) is 22.7 Å². The number of hydrogen-bond donors (Lipinski definition) is 2. The third kappa shape index (κ3) is 4.08. The van der Waals surface area contributed by atoms with Gasteiger partial charge in [0.2, 0.25) is 5.91 Å². The van der Waals surface area contributed by atoms with Gasteiger partial charge in [-0.25, -0.2) is 0 Å². The Morgan fingerprint density at radius 3 is 2.78 bits per heavy atom. The minimum atomic E-state index is -0.277. The van der Waals surface area contributed by atoms with Gasteiger partial charge < -0.3 is 10.4 Å². The van der Waals surface area contributed by atoms with E-state index in [0.29, 0.717) is 6.54 Å². The number of likely N-dealkylation sites (N-methyl/N-ethyl adjacent to an activating group) is 1. The second-order valence-electron chi connectivity index (χ2n) is 4.33. The fraction of sp³-hybridized carbons (Fsp3) is 0.462. The molecule has 0 aliphatic carbocycles. The number of aliphatic hydroxyl groups excluding tert-OH is 1. The van der Waals surface area contributed by atoms with Crippen molar-refractivity contribution in [2.45, 2.75) is 19.9 Å². The predicted molar refractivity (Wildman–Crippen MR) is 76.7 cm³/mol. The minimum absolute atomic E-state index is 0.0471. The number of hydrogen-bond acceptors (Lipinski definition) is 3. The van der Waals surface area contributed by atoms with Gasteiger partial charge in [-0.2, -0.15) is 0 Å². The van der Waals surface area contributed by atoms with Gasteiger partial charge in [0.25, 0.3) is 0 Å². The molecule has 0 fully saturated rings. The Balaban J connectivity index is 2.66. The van der Waals surface area contributed by atoms with Gasteiger partial charge in [0.15, 0.2) is 0 Å².